The van der Waals surface area contributed by atoms with Crippen LogP contribution in [0.5, 0.6) is 0 Å². The molecular formula is C25H23ClN4O2S. The van der Waals surface area contributed by atoms with E-state index in [2.05, 4.69) is 15.3 Å². The Morgan fingerprint density at radius 1 is 0.939 bits per heavy atom. The number of aryl methyl sites for hydroxylation is 3. The third-order valence-electron chi connectivity index (χ3n) is 5.19. The largest absolute Gasteiger partial charge is 0.350 e. The van der Waals surface area contributed by atoms with Gasteiger partial charge in [-0.1, -0.05) is 48.0 Å². The van der Waals surface area contributed by atoms with Crippen molar-refractivity contribution in [3.63, 3.8) is 0 Å². The summed E-state index contributed by atoms with van der Waals surface area (Å²) in [4.78, 5) is 37.1. The molecule has 1 aliphatic heterocycles. The number of thioether (sulfide) groups is 1. The molecule has 4 rings (SSSR count). The van der Waals surface area contributed by atoms with Crippen LogP contribution in [0.3, 0.4) is 0 Å². The average Bonchev–Trinajstić information content (AvgIpc) is 2.98. The number of halogens is 1. The molecule has 0 bridgehead atoms. The van der Waals surface area contributed by atoms with E-state index in [-0.39, 0.29) is 29.0 Å². The first-order valence-electron chi connectivity index (χ1n) is 10.5. The van der Waals surface area contributed by atoms with E-state index in [1.165, 1.54) is 4.90 Å². The zero-order chi connectivity index (χ0) is 23.5. The standard InChI is InChI=1S/C25H23ClN4O2S/c1-15-9-10-19(14-20(15)26)29-21-22(33-25-27-16(2)13-17(3)28-25)24(32)30(23(21)31)12-11-18-7-5-4-6-8-18/h4-10,13-14,29H,11-12H2,1-3H3. The monoisotopic (exact) mass is 478 g/mol. The molecule has 0 saturated heterocycles. The second kappa shape index (κ2) is 9.77. The third-order valence-corrected chi connectivity index (χ3v) is 6.54. The number of rotatable bonds is 7. The lowest BCUT2D eigenvalue weighted by Crippen LogP contribution is -2.34. The number of nitrogens with zero attached hydrogens (tertiary/aromatic N) is 3. The smallest absolute Gasteiger partial charge is 0.278 e. The van der Waals surface area contributed by atoms with Gasteiger partial charge in [0.05, 0.1) is 0 Å². The molecule has 2 amide bonds. The van der Waals surface area contributed by atoms with Crippen molar-refractivity contribution in [1.82, 2.24) is 14.9 Å². The van der Waals surface area contributed by atoms with Gasteiger partial charge >= 0.3 is 0 Å². The lowest BCUT2D eigenvalue weighted by molar-refractivity contribution is -0.137. The fraction of sp³-hybridized carbons (Fsp3) is 0.200. The number of hydrogen-bond acceptors (Lipinski definition) is 6. The maximum absolute atomic E-state index is 13.3. The van der Waals surface area contributed by atoms with E-state index >= 15 is 0 Å². The first-order valence-corrected chi connectivity index (χ1v) is 11.7. The van der Waals surface area contributed by atoms with Crippen molar-refractivity contribution in [3.8, 4) is 0 Å². The minimum absolute atomic E-state index is 0.209. The normalized spacial score (nSPS) is 13.8. The molecule has 0 fully saturated rings. The molecule has 6 nitrogen and oxygen atoms in total. The summed E-state index contributed by atoms with van der Waals surface area (Å²) in [6, 6.07) is 17.1. The summed E-state index contributed by atoms with van der Waals surface area (Å²) in [5.74, 6) is -0.732. The topological polar surface area (TPSA) is 75.2 Å². The molecule has 33 heavy (non-hydrogen) atoms. The van der Waals surface area contributed by atoms with Crippen LogP contribution in [0.15, 0.2) is 70.4 Å². The molecule has 8 heteroatoms. The van der Waals surface area contributed by atoms with E-state index in [9.17, 15) is 9.59 Å². The van der Waals surface area contributed by atoms with Crippen molar-refractivity contribution in [2.45, 2.75) is 32.3 Å². The van der Waals surface area contributed by atoms with E-state index in [1.807, 2.05) is 69.3 Å². The summed E-state index contributed by atoms with van der Waals surface area (Å²) in [7, 11) is 0. The number of amides is 2. The fourth-order valence-corrected chi connectivity index (χ4v) is 4.67. The van der Waals surface area contributed by atoms with E-state index in [0.29, 0.717) is 22.3 Å². The third kappa shape index (κ3) is 5.26. The highest BCUT2D eigenvalue weighted by molar-refractivity contribution is 8.04. The van der Waals surface area contributed by atoms with Gasteiger partial charge in [-0.05, 0) is 68.3 Å². The lowest BCUT2D eigenvalue weighted by atomic mass is 10.1. The summed E-state index contributed by atoms with van der Waals surface area (Å²) in [5.41, 5.74) is 4.41. The van der Waals surface area contributed by atoms with Crippen LogP contribution in [0.2, 0.25) is 5.02 Å². The van der Waals surface area contributed by atoms with Gasteiger partial charge in [0.2, 0.25) is 0 Å². The van der Waals surface area contributed by atoms with E-state index in [1.54, 1.807) is 6.07 Å². The van der Waals surface area contributed by atoms with E-state index in [4.69, 9.17) is 11.6 Å². The molecule has 2 heterocycles. The Bertz CT molecular complexity index is 1240. The highest BCUT2D eigenvalue weighted by atomic mass is 35.5. The van der Waals surface area contributed by atoms with Gasteiger partial charge in [-0.3, -0.25) is 14.5 Å². The van der Waals surface area contributed by atoms with Gasteiger partial charge in [0.25, 0.3) is 11.8 Å². The molecule has 1 N–H and O–H groups in total. The quantitative estimate of drug-likeness (QED) is 0.377. The highest BCUT2D eigenvalue weighted by Crippen LogP contribution is 2.35. The van der Waals surface area contributed by atoms with Gasteiger partial charge < -0.3 is 5.32 Å². The van der Waals surface area contributed by atoms with Crippen LogP contribution in [0.1, 0.15) is 22.5 Å². The lowest BCUT2D eigenvalue weighted by Gasteiger charge is -2.15. The highest BCUT2D eigenvalue weighted by Gasteiger charge is 2.39. The van der Waals surface area contributed by atoms with Gasteiger partial charge in [-0.2, -0.15) is 0 Å². The molecule has 1 aliphatic rings. The van der Waals surface area contributed by atoms with Crippen LogP contribution < -0.4 is 5.32 Å². The number of aromatic nitrogens is 2. The van der Waals surface area contributed by atoms with Gasteiger partial charge in [0.15, 0.2) is 5.16 Å². The first kappa shape index (κ1) is 23.0. The maximum atomic E-state index is 13.3. The van der Waals surface area contributed by atoms with Crippen LogP contribution in [-0.4, -0.2) is 33.2 Å². The number of carbonyl (C=O) groups excluding carboxylic acids is 2. The van der Waals surface area contributed by atoms with Gasteiger partial charge in [0, 0.05) is 28.6 Å². The molecular weight excluding hydrogens is 456 g/mol. The number of nitrogens with one attached hydrogen (secondary N) is 1. The van der Waals surface area contributed by atoms with Crippen LogP contribution in [0, 0.1) is 20.8 Å². The molecule has 0 saturated carbocycles. The second-order valence-corrected chi connectivity index (χ2v) is 9.21. The summed E-state index contributed by atoms with van der Waals surface area (Å²) < 4.78 is 0. The molecule has 0 atom stereocenters. The van der Waals surface area contributed by atoms with E-state index in [0.717, 1.165) is 34.3 Å². The minimum atomic E-state index is -0.375. The molecule has 3 aromatic rings. The SMILES string of the molecule is Cc1cc(C)nc(SC2=C(Nc3ccc(C)c(Cl)c3)C(=O)N(CCc3ccccc3)C2=O)n1. The van der Waals surface area contributed by atoms with Gasteiger partial charge in [0.1, 0.15) is 10.6 Å². The first-order chi connectivity index (χ1) is 15.8. The second-order valence-electron chi connectivity index (χ2n) is 7.83. The van der Waals surface area contributed by atoms with Crippen molar-refractivity contribution in [1.29, 1.82) is 0 Å². The summed E-state index contributed by atoms with van der Waals surface area (Å²) >= 11 is 7.37. The predicted molar refractivity (Wildman–Crippen MR) is 131 cm³/mol. The molecule has 0 radical (unpaired) electrons. The Hall–Kier alpha value is -3.16. The van der Waals surface area contributed by atoms with Crippen LogP contribution >= 0.6 is 23.4 Å². The number of imide groups is 1. The van der Waals surface area contributed by atoms with Crippen molar-refractivity contribution < 1.29 is 9.59 Å². The zero-order valence-electron chi connectivity index (χ0n) is 18.6. The van der Waals surface area contributed by atoms with Crippen molar-refractivity contribution in [3.05, 3.63) is 92.7 Å². The van der Waals surface area contributed by atoms with Crippen molar-refractivity contribution in [2.75, 3.05) is 11.9 Å². The van der Waals surface area contributed by atoms with Crippen molar-refractivity contribution >= 4 is 40.9 Å². The summed E-state index contributed by atoms with van der Waals surface area (Å²) in [6.45, 7) is 5.92. The van der Waals surface area contributed by atoms with E-state index < -0.39 is 0 Å². The molecule has 0 unspecified atom stereocenters. The Morgan fingerprint density at radius 2 is 1.64 bits per heavy atom. The summed E-state index contributed by atoms with van der Waals surface area (Å²) in [5, 5.41) is 4.12. The van der Waals surface area contributed by atoms with Crippen LogP contribution in [0.4, 0.5) is 5.69 Å². The van der Waals surface area contributed by atoms with Crippen molar-refractivity contribution in [2.24, 2.45) is 0 Å². The molecule has 168 valence electrons. The molecule has 1 aromatic heterocycles. The zero-order valence-corrected chi connectivity index (χ0v) is 20.1. The fourth-order valence-electron chi connectivity index (χ4n) is 3.49. The number of carbonyl (C=O) groups is 2. The number of hydrogen-bond donors (Lipinski definition) is 1. The average molecular weight is 479 g/mol. The Kier molecular flexibility index (Phi) is 6.81. The molecule has 2 aromatic carbocycles. The minimum Gasteiger partial charge on any atom is -0.350 e. The van der Waals surface area contributed by atoms with Gasteiger partial charge in [-0.15, -0.1) is 0 Å². The Morgan fingerprint density at radius 3 is 2.30 bits per heavy atom. The molecule has 0 aliphatic carbocycles. The van der Waals surface area contributed by atoms with Crippen LogP contribution in [0.25, 0.3) is 0 Å². The Balaban J connectivity index is 1.65. The summed E-state index contributed by atoms with van der Waals surface area (Å²) in [6.07, 6.45) is 0.569. The van der Waals surface area contributed by atoms with Crippen LogP contribution in [-0.2, 0) is 16.0 Å². The predicted octanol–water partition coefficient (Wildman–Crippen LogP) is 5.08. The molecule has 0 spiro atoms. The maximum Gasteiger partial charge on any atom is 0.278 e. The number of benzene rings is 2. The number of anilines is 1. The van der Waals surface area contributed by atoms with Gasteiger partial charge in [-0.25, -0.2) is 9.97 Å². The Labute approximate surface area is 202 Å².